The SMILES string of the molecule is C#CCC(NC(=O)C(=C)C)C(=O)OC(C)c1cc(OC)c(CCCCC(=O)NCCCNC(=O)C(CC)CC(C)(CC(C)C(=O)NC(C)C)C(=O)NCCCN(C)C)cc1[N+](=O)[O-]. The molecule has 0 radical (unpaired) electrons. The van der Waals surface area contributed by atoms with Crippen molar-refractivity contribution < 1.29 is 43.2 Å². The van der Waals surface area contributed by atoms with Crippen LogP contribution in [0.3, 0.4) is 0 Å². The Balaban J connectivity index is 2.77. The predicted molar refractivity (Wildman–Crippen MR) is 242 cm³/mol. The van der Waals surface area contributed by atoms with Gasteiger partial charge in [-0.3, -0.25) is 34.1 Å². The second kappa shape index (κ2) is 28.2. The Labute approximate surface area is 374 Å². The van der Waals surface area contributed by atoms with Gasteiger partial charge in [-0.1, -0.05) is 27.4 Å². The summed E-state index contributed by atoms with van der Waals surface area (Å²) in [5, 5.41) is 26.3. The van der Waals surface area contributed by atoms with Crippen LogP contribution in [0.2, 0.25) is 0 Å². The number of terminal acetylenes is 1. The molecular weight excluding hydrogens is 811 g/mol. The lowest BCUT2D eigenvalue weighted by atomic mass is 9.73. The Bertz CT molecular complexity index is 1780. The number of amides is 5. The van der Waals surface area contributed by atoms with Crippen molar-refractivity contribution >= 4 is 41.2 Å². The van der Waals surface area contributed by atoms with E-state index in [1.807, 2.05) is 46.7 Å². The fourth-order valence-corrected chi connectivity index (χ4v) is 7.01. The molecule has 0 saturated heterocycles. The predicted octanol–water partition coefficient (Wildman–Crippen LogP) is 4.67. The second-order valence-corrected chi connectivity index (χ2v) is 17.0. The van der Waals surface area contributed by atoms with E-state index < -0.39 is 46.2 Å². The summed E-state index contributed by atoms with van der Waals surface area (Å²) < 4.78 is 11.0. The van der Waals surface area contributed by atoms with Crippen LogP contribution >= 0.6 is 0 Å². The number of unbranched alkanes of at least 4 members (excludes halogenated alkanes) is 1. The average molecular weight is 884 g/mol. The molecule has 1 aromatic rings. The highest BCUT2D eigenvalue weighted by atomic mass is 16.6. The Hall–Kier alpha value is -5.50. The topological polar surface area (TPSA) is 227 Å². The number of nitrogens with one attached hydrogen (secondary N) is 5. The molecule has 5 N–H and O–H groups in total. The van der Waals surface area contributed by atoms with Gasteiger partial charge in [-0.2, -0.15) is 0 Å². The summed E-state index contributed by atoms with van der Waals surface area (Å²) >= 11 is 0. The minimum absolute atomic E-state index is 0.0394. The normalized spacial score (nSPS) is 13.9. The van der Waals surface area contributed by atoms with Crippen molar-refractivity contribution in [1.82, 2.24) is 31.5 Å². The van der Waals surface area contributed by atoms with Crippen LogP contribution in [0.15, 0.2) is 24.3 Å². The first-order chi connectivity index (χ1) is 29.6. The molecule has 0 spiro atoms. The minimum atomic E-state index is -1.18. The first-order valence-corrected chi connectivity index (χ1v) is 21.8. The molecule has 0 aromatic heterocycles. The zero-order chi connectivity index (χ0) is 47.9. The second-order valence-electron chi connectivity index (χ2n) is 17.0. The number of rotatable bonds is 30. The average Bonchev–Trinajstić information content (AvgIpc) is 3.21. The summed E-state index contributed by atoms with van der Waals surface area (Å²) in [7, 11) is 5.35. The van der Waals surface area contributed by atoms with E-state index in [9.17, 15) is 38.9 Å². The van der Waals surface area contributed by atoms with Gasteiger partial charge in [-0.15, -0.1) is 12.3 Å². The zero-order valence-corrected chi connectivity index (χ0v) is 39.2. The summed E-state index contributed by atoms with van der Waals surface area (Å²) in [6.45, 7) is 17.7. The molecule has 0 saturated carbocycles. The Kier molecular flexibility index (Phi) is 24.9. The highest BCUT2D eigenvalue weighted by Crippen LogP contribution is 2.36. The molecular formula is C46H73N7O10. The molecule has 0 heterocycles. The van der Waals surface area contributed by atoms with Gasteiger partial charge < -0.3 is 41.0 Å². The van der Waals surface area contributed by atoms with E-state index >= 15 is 0 Å². The third-order valence-corrected chi connectivity index (χ3v) is 10.5. The van der Waals surface area contributed by atoms with Crippen LogP contribution in [-0.2, 0) is 39.9 Å². The maximum absolute atomic E-state index is 13.6. The van der Waals surface area contributed by atoms with Gasteiger partial charge >= 0.3 is 5.97 Å². The number of nitro benzene ring substituents is 1. The number of nitro groups is 1. The van der Waals surface area contributed by atoms with E-state index in [-0.39, 0.29) is 72.2 Å². The van der Waals surface area contributed by atoms with Crippen LogP contribution in [0.25, 0.3) is 0 Å². The molecule has 0 aliphatic rings. The third-order valence-electron chi connectivity index (χ3n) is 10.5. The summed E-state index contributed by atoms with van der Waals surface area (Å²) in [6.07, 6.45) is 8.02. The molecule has 5 unspecified atom stereocenters. The van der Waals surface area contributed by atoms with Gasteiger partial charge in [-0.25, -0.2) is 4.79 Å². The van der Waals surface area contributed by atoms with Crippen molar-refractivity contribution in [3.8, 4) is 18.1 Å². The van der Waals surface area contributed by atoms with Crippen LogP contribution in [-0.4, -0.2) is 105 Å². The highest BCUT2D eigenvalue weighted by molar-refractivity contribution is 5.95. The smallest absolute Gasteiger partial charge is 0.330 e. The molecule has 17 nitrogen and oxygen atoms in total. The van der Waals surface area contributed by atoms with Gasteiger partial charge in [0.25, 0.3) is 5.69 Å². The van der Waals surface area contributed by atoms with E-state index in [1.165, 1.54) is 33.1 Å². The fraction of sp³-hybridized carbons (Fsp3) is 0.652. The Morgan fingerprint density at radius 2 is 1.59 bits per heavy atom. The molecule has 0 fully saturated rings. The molecule has 5 atom stereocenters. The number of hydrogen-bond acceptors (Lipinski definition) is 11. The fourth-order valence-electron chi connectivity index (χ4n) is 7.01. The maximum Gasteiger partial charge on any atom is 0.330 e. The van der Waals surface area contributed by atoms with Crippen molar-refractivity contribution in [2.45, 2.75) is 131 Å². The number of esters is 1. The molecule has 1 rings (SSSR count). The lowest BCUT2D eigenvalue weighted by Crippen LogP contribution is -2.46. The monoisotopic (exact) mass is 884 g/mol. The van der Waals surface area contributed by atoms with Crippen molar-refractivity contribution in [1.29, 1.82) is 0 Å². The summed E-state index contributed by atoms with van der Waals surface area (Å²) in [4.78, 5) is 91.0. The van der Waals surface area contributed by atoms with E-state index in [4.69, 9.17) is 15.9 Å². The number of aryl methyl sites for hydroxylation is 1. The number of hydrogen-bond donors (Lipinski definition) is 5. The Morgan fingerprint density at radius 1 is 0.937 bits per heavy atom. The van der Waals surface area contributed by atoms with E-state index in [1.54, 1.807) is 6.92 Å². The molecule has 0 aliphatic carbocycles. The van der Waals surface area contributed by atoms with Gasteiger partial charge in [0.15, 0.2) is 0 Å². The van der Waals surface area contributed by atoms with Crippen molar-refractivity contribution in [2.75, 3.05) is 47.4 Å². The summed E-state index contributed by atoms with van der Waals surface area (Å²) in [6, 6.07) is 1.60. The van der Waals surface area contributed by atoms with Crippen molar-refractivity contribution in [2.24, 2.45) is 17.3 Å². The number of methoxy groups -OCH3 is 1. The standard InChI is InChI=1S/C46H73N7O10/c1-13-19-37(51-41(55)30(3)4)44(58)63-33(8)36-27-39(62-12)35(26-38(36)53(60)61)20-15-16-21-40(54)47-22-17-23-48-43(57)34(14-2)29-46(9,28-32(7)42(56)50-31(5)6)45(59)49-24-18-25-52(10)11/h1,26-27,31-34,37H,3,14-25,28-29H2,2,4-12H3,(H,47,54)(H,48,57)(H,49,59)(H,50,56)(H,51,55). The lowest BCUT2D eigenvalue weighted by molar-refractivity contribution is -0.386. The molecule has 63 heavy (non-hydrogen) atoms. The number of nitrogens with zero attached hydrogens (tertiary/aromatic N) is 2. The van der Waals surface area contributed by atoms with Gasteiger partial charge in [0, 0.05) is 73.0 Å². The number of ether oxygens (including phenoxy) is 2. The molecule has 352 valence electrons. The van der Waals surface area contributed by atoms with Crippen LogP contribution in [0, 0.1) is 39.7 Å². The van der Waals surface area contributed by atoms with Gasteiger partial charge in [-0.05, 0) is 106 Å². The van der Waals surface area contributed by atoms with Crippen LogP contribution in [0.4, 0.5) is 5.69 Å². The molecule has 5 amide bonds. The molecule has 0 aliphatic heterocycles. The van der Waals surface area contributed by atoms with Crippen LogP contribution < -0.4 is 31.3 Å². The molecule has 1 aromatic carbocycles. The lowest BCUT2D eigenvalue weighted by Gasteiger charge is -2.33. The Morgan fingerprint density at radius 3 is 2.16 bits per heavy atom. The quantitative estimate of drug-likeness (QED) is 0.0178. The molecule has 17 heteroatoms. The van der Waals surface area contributed by atoms with E-state index in [0.29, 0.717) is 63.1 Å². The van der Waals surface area contributed by atoms with Crippen LogP contribution in [0.1, 0.15) is 123 Å². The number of carbonyl (C=O) groups excluding carboxylic acids is 6. The number of benzene rings is 1. The third kappa shape index (κ3) is 20.0. The van der Waals surface area contributed by atoms with E-state index in [2.05, 4.69) is 39.1 Å². The highest BCUT2D eigenvalue weighted by Gasteiger charge is 2.40. The summed E-state index contributed by atoms with van der Waals surface area (Å²) in [5.74, 6) is -0.376. The minimum Gasteiger partial charge on any atom is -0.496 e. The largest absolute Gasteiger partial charge is 0.496 e. The van der Waals surface area contributed by atoms with Gasteiger partial charge in [0.2, 0.25) is 29.5 Å². The van der Waals surface area contributed by atoms with E-state index in [0.717, 1.165) is 13.0 Å². The molecule has 0 bridgehead atoms. The number of carbonyl (C=O) groups is 6. The van der Waals surface area contributed by atoms with Gasteiger partial charge in [0.05, 0.1) is 17.6 Å². The first-order valence-electron chi connectivity index (χ1n) is 21.8. The first kappa shape index (κ1) is 55.5. The van der Waals surface area contributed by atoms with Gasteiger partial charge in [0.1, 0.15) is 17.9 Å². The van der Waals surface area contributed by atoms with Crippen LogP contribution in [0.5, 0.6) is 5.75 Å². The van der Waals surface area contributed by atoms with Crippen molar-refractivity contribution in [3.05, 3.63) is 45.5 Å². The van der Waals surface area contributed by atoms with Crippen molar-refractivity contribution in [3.63, 3.8) is 0 Å². The summed E-state index contributed by atoms with van der Waals surface area (Å²) in [5.41, 5.74) is -0.454. The zero-order valence-electron chi connectivity index (χ0n) is 39.2. The maximum atomic E-state index is 13.6.